The minimum atomic E-state index is -0.699. The molecule has 0 spiro atoms. The molecule has 1 atom stereocenters. The Morgan fingerprint density at radius 3 is 2.62 bits per heavy atom. The molecular formula is C18H23N5O3. The summed E-state index contributed by atoms with van der Waals surface area (Å²) in [4.78, 5) is 33.2. The Bertz CT molecular complexity index is 707. The number of urea groups is 1. The van der Waals surface area contributed by atoms with Gasteiger partial charge >= 0.3 is 6.03 Å². The molecule has 0 aliphatic rings. The van der Waals surface area contributed by atoms with Crippen molar-refractivity contribution < 1.29 is 14.4 Å². The van der Waals surface area contributed by atoms with Gasteiger partial charge < -0.3 is 16.4 Å². The van der Waals surface area contributed by atoms with Gasteiger partial charge in [-0.3, -0.25) is 14.6 Å². The molecule has 3 amide bonds. The van der Waals surface area contributed by atoms with E-state index in [1.54, 1.807) is 37.5 Å². The summed E-state index contributed by atoms with van der Waals surface area (Å²) in [6.07, 6.45) is 3.73. The Kier molecular flexibility index (Phi) is 7.38. The molecule has 1 heterocycles. The van der Waals surface area contributed by atoms with Gasteiger partial charge in [-0.15, -0.1) is 0 Å². The van der Waals surface area contributed by atoms with Crippen molar-refractivity contribution in [2.45, 2.75) is 32.5 Å². The number of nitrogen functional groups attached to an aromatic ring is 1. The number of nitrogens with zero attached hydrogens (tertiary/aromatic N) is 1. The molecule has 2 rings (SSSR count). The minimum absolute atomic E-state index is 0.194. The van der Waals surface area contributed by atoms with Crippen molar-refractivity contribution in [3.05, 3.63) is 59.9 Å². The number of benzene rings is 1. The van der Waals surface area contributed by atoms with E-state index in [1.807, 2.05) is 18.2 Å². The maximum absolute atomic E-state index is 12.1. The van der Waals surface area contributed by atoms with Crippen LogP contribution in [0, 0.1) is 0 Å². The number of hydrogen-bond donors (Lipinski definition) is 4. The lowest BCUT2D eigenvalue weighted by Gasteiger charge is -2.17. The quantitative estimate of drug-likeness (QED) is 0.422. The van der Waals surface area contributed by atoms with E-state index in [0.717, 1.165) is 11.1 Å². The fraction of sp³-hybridized carbons (Fsp3) is 0.278. The maximum atomic E-state index is 12.1. The highest BCUT2D eigenvalue weighted by molar-refractivity contribution is 5.86. The molecule has 1 aromatic heterocycles. The van der Waals surface area contributed by atoms with Crippen LogP contribution in [0.5, 0.6) is 0 Å². The van der Waals surface area contributed by atoms with Crippen LogP contribution in [-0.4, -0.2) is 23.0 Å². The Labute approximate surface area is 152 Å². The van der Waals surface area contributed by atoms with Crippen molar-refractivity contribution in [1.82, 2.24) is 21.1 Å². The molecule has 0 radical (unpaired) electrons. The maximum Gasteiger partial charge on any atom is 0.315 e. The van der Waals surface area contributed by atoms with Crippen molar-refractivity contribution >= 4 is 17.6 Å². The third-order valence-electron chi connectivity index (χ3n) is 3.60. The molecule has 8 heteroatoms. The van der Waals surface area contributed by atoms with E-state index in [4.69, 9.17) is 10.6 Å². The van der Waals surface area contributed by atoms with Gasteiger partial charge in [-0.05, 0) is 35.7 Å². The summed E-state index contributed by atoms with van der Waals surface area (Å²) in [6, 6.07) is 9.65. The average molecular weight is 357 g/mol. The van der Waals surface area contributed by atoms with E-state index in [1.165, 1.54) is 0 Å². The van der Waals surface area contributed by atoms with Crippen LogP contribution in [0.15, 0.2) is 48.8 Å². The third-order valence-corrected chi connectivity index (χ3v) is 3.60. The number of pyridine rings is 1. The predicted molar refractivity (Wildman–Crippen MR) is 97.5 cm³/mol. The Hall–Kier alpha value is -3.13. The minimum Gasteiger partial charge on any atom is -0.399 e. The van der Waals surface area contributed by atoms with Gasteiger partial charge in [-0.1, -0.05) is 25.1 Å². The number of rotatable bonds is 8. The molecule has 0 aliphatic heterocycles. The van der Waals surface area contributed by atoms with E-state index < -0.39 is 18.0 Å². The summed E-state index contributed by atoms with van der Waals surface area (Å²) in [6.45, 7) is 2.33. The lowest BCUT2D eigenvalue weighted by atomic mass is 10.2. The number of hydrogen-bond acceptors (Lipinski definition) is 5. The van der Waals surface area contributed by atoms with Crippen molar-refractivity contribution in [3.63, 3.8) is 0 Å². The fourth-order valence-corrected chi connectivity index (χ4v) is 2.13. The van der Waals surface area contributed by atoms with Gasteiger partial charge in [0.25, 0.3) is 5.91 Å². The average Bonchev–Trinajstić information content (AvgIpc) is 2.66. The highest BCUT2D eigenvalue weighted by Gasteiger charge is 2.18. The van der Waals surface area contributed by atoms with E-state index >= 15 is 0 Å². The van der Waals surface area contributed by atoms with Crippen molar-refractivity contribution in [1.29, 1.82) is 0 Å². The van der Waals surface area contributed by atoms with Gasteiger partial charge in [0.1, 0.15) is 12.6 Å². The standard InChI is InChI=1S/C18H23N5O3/c1-2-16(17(24)23-26-12-14-4-3-9-20-10-14)22-18(25)21-11-13-5-7-15(19)8-6-13/h3-10,16H,2,11-12,19H2,1H3,(H,23,24)(H2,21,22,25). The number of aromatic nitrogens is 1. The zero-order chi connectivity index (χ0) is 18.8. The van der Waals surface area contributed by atoms with Crippen LogP contribution >= 0.6 is 0 Å². The van der Waals surface area contributed by atoms with E-state index in [9.17, 15) is 9.59 Å². The molecule has 0 bridgehead atoms. The number of amides is 3. The van der Waals surface area contributed by atoms with Gasteiger partial charge in [0.2, 0.25) is 0 Å². The monoisotopic (exact) mass is 357 g/mol. The first-order valence-electron chi connectivity index (χ1n) is 8.27. The van der Waals surface area contributed by atoms with Gasteiger partial charge in [-0.25, -0.2) is 10.3 Å². The van der Waals surface area contributed by atoms with Crippen LogP contribution in [0.1, 0.15) is 24.5 Å². The van der Waals surface area contributed by atoms with Gasteiger partial charge in [-0.2, -0.15) is 0 Å². The molecule has 0 saturated carbocycles. The second-order valence-electron chi connectivity index (χ2n) is 5.65. The third kappa shape index (κ3) is 6.40. The molecule has 0 saturated heterocycles. The summed E-state index contributed by atoms with van der Waals surface area (Å²) >= 11 is 0. The van der Waals surface area contributed by atoms with Crippen LogP contribution < -0.4 is 21.8 Å². The van der Waals surface area contributed by atoms with Gasteiger partial charge in [0.15, 0.2) is 0 Å². The molecule has 0 aliphatic carbocycles. The normalized spacial score (nSPS) is 11.4. The summed E-state index contributed by atoms with van der Waals surface area (Å²) in [5.41, 5.74) is 10.4. The zero-order valence-electron chi connectivity index (χ0n) is 14.6. The highest BCUT2D eigenvalue weighted by Crippen LogP contribution is 2.04. The molecule has 5 N–H and O–H groups in total. The fourth-order valence-electron chi connectivity index (χ4n) is 2.13. The molecule has 138 valence electrons. The summed E-state index contributed by atoms with van der Waals surface area (Å²) < 4.78 is 0. The van der Waals surface area contributed by atoms with Crippen LogP contribution in [0.4, 0.5) is 10.5 Å². The summed E-state index contributed by atoms with van der Waals surface area (Å²) in [5.74, 6) is -0.418. The number of carbonyl (C=O) groups excluding carboxylic acids is 2. The number of anilines is 1. The first-order valence-corrected chi connectivity index (χ1v) is 8.27. The smallest absolute Gasteiger partial charge is 0.315 e. The number of nitrogens with one attached hydrogen (secondary N) is 3. The largest absolute Gasteiger partial charge is 0.399 e. The van der Waals surface area contributed by atoms with Crippen molar-refractivity contribution in [2.75, 3.05) is 5.73 Å². The Balaban J connectivity index is 1.73. The summed E-state index contributed by atoms with van der Waals surface area (Å²) in [7, 11) is 0. The van der Waals surface area contributed by atoms with Gasteiger partial charge in [0.05, 0.1) is 0 Å². The topological polar surface area (TPSA) is 118 Å². The molecule has 1 unspecified atom stereocenters. The van der Waals surface area contributed by atoms with Crippen molar-refractivity contribution in [3.8, 4) is 0 Å². The van der Waals surface area contributed by atoms with Crippen LogP contribution in [0.25, 0.3) is 0 Å². The Morgan fingerprint density at radius 2 is 1.96 bits per heavy atom. The number of hydroxylamine groups is 1. The first-order chi connectivity index (χ1) is 12.6. The van der Waals surface area contributed by atoms with Crippen LogP contribution in [0.2, 0.25) is 0 Å². The zero-order valence-corrected chi connectivity index (χ0v) is 14.6. The second kappa shape index (κ2) is 10.00. The Morgan fingerprint density at radius 1 is 1.19 bits per heavy atom. The molecule has 8 nitrogen and oxygen atoms in total. The second-order valence-corrected chi connectivity index (χ2v) is 5.65. The molecule has 0 fully saturated rings. The number of nitrogens with two attached hydrogens (primary N) is 1. The van der Waals surface area contributed by atoms with Crippen LogP contribution in [-0.2, 0) is 22.8 Å². The van der Waals surface area contributed by atoms with Gasteiger partial charge in [0, 0.05) is 24.6 Å². The molecule has 1 aromatic carbocycles. The predicted octanol–water partition coefficient (Wildman–Crippen LogP) is 1.49. The lowest BCUT2D eigenvalue weighted by Crippen LogP contribution is -2.49. The van der Waals surface area contributed by atoms with E-state index in [0.29, 0.717) is 18.7 Å². The number of carbonyl (C=O) groups is 2. The molecular weight excluding hydrogens is 334 g/mol. The molecule has 26 heavy (non-hydrogen) atoms. The SMILES string of the molecule is CCC(NC(=O)NCc1ccc(N)cc1)C(=O)NOCc1cccnc1. The lowest BCUT2D eigenvalue weighted by molar-refractivity contribution is -0.136. The van der Waals surface area contributed by atoms with Crippen LogP contribution in [0.3, 0.4) is 0 Å². The van der Waals surface area contributed by atoms with E-state index in [2.05, 4.69) is 21.1 Å². The first kappa shape index (κ1) is 19.2. The van der Waals surface area contributed by atoms with Crippen molar-refractivity contribution in [2.24, 2.45) is 0 Å². The molecule has 2 aromatic rings. The summed E-state index contributed by atoms with van der Waals surface area (Å²) in [5, 5.41) is 5.32. The highest BCUT2D eigenvalue weighted by atomic mass is 16.6. The van der Waals surface area contributed by atoms with E-state index in [-0.39, 0.29) is 6.61 Å².